The Morgan fingerprint density at radius 2 is 2.25 bits per heavy atom. The number of aromatic nitrogens is 2. The van der Waals surface area contributed by atoms with E-state index in [9.17, 15) is 14.7 Å². The molecule has 0 bridgehead atoms. The molecule has 0 radical (unpaired) electrons. The van der Waals surface area contributed by atoms with E-state index in [4.69, 9.17) is 21.4 Å². The first-order valence-corrected chi connectivity index (χ1v) is 7.38. The van der Waals surface area contributed by atoms with E-state index in [0.717, 1.165) is 5.54 Å². The van der Waals surface area contributed by atoms with E-state index < -0.39 is 33.6 Å². The van der Waals surface area contributed by atoms with Crippen LogP contribution >= 0.6 is 34.2 Å². The van der Waals surface area contributed by atoms with E-state index in [1.807, 2.05) is 22.6 Å². The van der Waals surface area contributed by atoms with Gasteiger partial charge in [-0.05, 0) is 6.08 Å². The molecular weight excluding hydrogens is 402 g/mol. The molecule has 1 fully saturated rings. The van der Waals surface area contributed by atoms with Gasteiger partial charge in [0.1, 0.15) is 6.10 Å². The summed E-state index contributed by atoms with van der Waals surface area (Å²) in [6.07, 6.45) is 0.190. The topological polar surface area (TPSA) is 105 Å². The van der Waals surface area contributed by atoms with Crippen molar-refractivity contribution in [2.45, 2.75) is 22.4 Å². The number of ether oxygens (including phenoxy) is 1. The molecule has 2 unspecified atom stereocenters. The molecule has 0 spiro atoms. The van der Waals surface area contributed by atoms with Crippen LogP contribution in [-0.2, 0) is 4.74 Å². The van der Waals surface area contributed by atoms with Gasteiger partial charge in [-0.15, -0.1) is 0 Å². The third-order valence-electron chi connectivity index (χ3n) is 2.99. The van der Waals surface area contributed by atoms with Crippen LogP contribution in [0.2, 0.25) is 0 Å². The highest BCUT2D eigenvalue weighted by Crippen LogP contribution is 2.33. The van der Waals surface area contributed by atoms with Crippen molar-refractivity contribution in [1.82, 2.24) is 9.55 Å². The van der Waals surface area contributed by atoms with Crippen LogP contribution in [0.3, 0.4) is 0 Å². The Balaban J connectivity index is 2.46. The lowest BCUT2D eigenvalue weighted by atomic mass is 10.2. The number of aromatic amines is 1. The minimum Gasteiger partial charge on any atom is -0.394 e. The van der Waals surface area contributed by atoms with Gasteiger partial charge in [0.2, 0.25) is 0 Å². The van der Waals surface area contributed by atoms with Crippen LogP contribution < -0.4 is 11.2 Å². The summed E-state index contributed by atoms with van der Waals surface area (Å²) < 4.78 is 6.18. The molecule has 1 aliphatic rings. The van der Waals surface area contributed by atoms with Gasteiger partial charge in [-0.2, -0.15) is 0 Å². The summed E-state index contributed by atoms with van der Waals surface area (Å²) in [5.41, 5.74) is 0.125. The lowest BCUT2D eigenvalue weighted by molar-refractivity contribution is -0.0456. The summed E-state index contributed by atoms with van der Waals surface area (Å²) in [4.78, 5) is 25.6. The molecule has 0 aliphatic carbocycles. The number of hydrogen-bond donors (Lipinski definition) is 3. The average molecular weight is 415 g/mol. The summed E-state index contributed by atoms with van der Waals surface area (Å²) in [6.45, 7) is -0.357. The number of nitrogens with one attached hydrogen (secondary N) is 1. The highest BCUT2D eigenvalue weighted by molar-refractivity contribution is 14.1. The van der Waals surface area contributed by atoms with Gasteiger partial charge >= 0.3 is 5.69 Å². The standard InChI is InChI=1S/C11H12ClIN2O5/c12-2-1-5-3-15(11(19)14-9(5)18)10-7(13)8(17)6(4-16)20-10/h1-3,6-8,10,16-17H,4H2,(H,14,18,19)/t6-,7?,8?,10-/m0/s1. The fourth-order valence-electron chi connectivity index (χ4n) is 1.95. The molecule has 4 atom stereocenters. The molecular formula is C11H12ClIN2O5. The second-order valence-corrected chi connectivity index (χ2v) is 5.92. The van der Waals surface area contributed by atoms with Gasteiger partial charge < -0.3 is 14.9 Å². The van der Waals surface area contributed by atoms with Gasteiger partial charge in [-0.3, -0.25) is 14.3 Å². The Kier molecular flexibility index (Phi) is 5.02. The second-order valence-electron chi connectivity index (χ2n) is 4.23. The second kappa shape index (κ2) is 6.39. The number of aliphatic hydroxyl groups excluding tert-OH is 2. The monoisotopic (exact) mass is 414 g/mol. The van der Waals surface area contributed by atoms with Gasteiger partial charge in [0.15, 0.2) is 6.23 Å². The van der Waals surface area contributed by atoms with Crippen molar-refractivity contribution >= 4 is 40.3 Å². The summed E-state index contributed by atoms with van der Waals surface area (Å²) in [6, 6.07) is 0. The zero-order chi connectivity index (χ0) is 14.9. The van der Waals surface area contributed by atoms with Gasteiger partial charge in [0.05, 0.1) is 22.2 Å². The summed E-state index contributed by atoms with van der Waals surface area (Å²) in [5.74, 6) is 0. The van der Waals surface area contributed by atoms with E-state index in [0.29, 0.717) is 0 Å². The first-order valence-electron chi connectivity index (χ1n) is 5.70. The van der Waals surface area contributed by atoms with Gasteiger partial charge in [-0.1, -0.05) is 34.2 Å². The zero-order valence-electron chi connectivity index (χ0n) is 10.1. The van der Waals surface area contributed by atoms with Crippen molar-refractivity contribution in [3.05, 3.63) is 38.1 Å². The van der Waals surface area contributed by atoms with Crippen molar-refractivity contribution in [3.63, 3.8) is 0 Å². The smallest absolute Gasteiger partial charge is 0.330 e. The van der Waals surface area contributed by atoms with E-state index in [1.54, 1.807) is 0 Å². The molecule has 0 aromatic carbocycles. The van der Waals surface area contributed by atoms with Crippen LogP contribution in [-0.4, -0.2) is 42.5 Å². The molecule has 1 saturated heterocycles. The van der Waals surface area contributed by atoms with E-state index in [-0.39, 0.29) is 12.2 Å². The number of alkyl halides is 1. The molecule has 9 heteroatoms. The summed E-state index contributed by atoms with van der Waals surface area (Å²) in [7, 11) is 0. The Morgan fingerprint density at radius 3 is 2.80 bits per heavy atom. The van der Waals surface area contributed by atoms with Crippen LogP contribution in [0.5, 0.6) is 0 Å². The van der Waals surface area contributed by atoms with E-state index in [2.05, 4.69) is 4.98 Å². The maximum atomic E-state index is 11.9. The van der Waals surface area contributed by atoms with Crippen LogP contribution in [0.4, 0.5) is 0 Å². The molecule has 1 aromatic heterocycles. The van der Waals surface area contributed by atoms with Crippen molar-refractivity contribution in [2.24, 2.45) is 0 Å². The molecule has 3 N–H and O–H groups in total. The maximum absolute atomic E-state index is 11.9. The quantitative estimate of drug-likeness (QED) is 0.469. The normalized spacial score (nSPS) is 30.2. The van der Waals surface area contributed by atoms with Crippen molar-refractivity contribution in [1.29, 1.82) is 0 Å². The van der Waals surface area contributed by atoms with Crippen molar-refractivity contribution in [3.8, 4) is 0 Å². The molecule has 0 amide bonds. The SMILES string of the molecule is O=c1[nH]c(=O)n([C@H]2O[C@@H](CO)C(O)C2I)cc1C=CCl. The number of nitrogens with zero attached hydrogens (tertiary/aromatic N) is 1. The molecule has 2 rings (SSSR count). The summed E-state index contributed by atoms with van der Waals surface area (Å²) in [5, 5.41) is 19.0. The summed E-state index contributed by atoms with van der Waals surface area (Å²) >= 11 is 7.37. The molecule has 0 saturated carbocycles. The fourth-order valence-corrected chi connectivity index (χ4v) is 3.07. The van der Waals surface area contributed by atoms with E-state index in [1.165, 1.54) is 16.8 Å². The molecule has 7 nitrogen and oxygen atoms in total. The van der Waals surface area contributed by atoms with Crippen molar-refractivity contribution < 1.29 is 14.9 Å². The van der Waals surface area contributed by atoms with E-state index >= 15 is 0 Å². The Bertz CT molecular complexity index is 628. The predicted molar refractivity (Wildman–Crippen MR) is 81.0 cm³/mol. The first-order chi connectivity index (χ1) is 9.49. The van der Waals surface area contributed by atoms with Crippen LogP contribution in [0.15, 0.2) is 21.3 Å². The zero-order valence-corrected chi connectivity index (χ0v) is 13.0. The lowest BCUT2D eigenvalue weighted by Gasteiger charge is -2.17. The van der Waals surface area contributed by atoms with Crippen LogP contribution in [0.1, 0.15) is 11.8 Å². The van der Waals surface area contributed by atoms with Gasteiger partial charge in [-0.25, -0.2) is 4.79 Å². The minimum absolute atomic E-state index is 0.189. The van der Waals surface area contributed by atoms with Crippen LogP contribution in [0.25, 0.3) is 6.08 Å². The number of H-pyrrole nitrogens is 1. The Morgan fingerprint density at radius 1 is 1.55 bits per heavy atom. The van der Waals surface area contributed by atoms with Gasteiger partial charge in [0.25, 0.3) is 5.56 Å². The third kappa shape index (κ3) is 2.84. The Labute approximate surface area is 132 Å². The van der Waals surface area contributed by atoms with Crippen LogP contribution in [0, 0.1) is 0 Å². The molecule has 1 aliphatic heterocycles. The number of rotatable bonds is 3. The molecule has 1 aromatic rings. The van der Waals surface area contributed by atoms with Gasteiger partial charge in [0, 0.05) is 11.7 Å². The average Bonchev–Trinajstić information content (AvgIpc) is 2.70. The molecule has 110 valence electrons. The maximum Gasteiger partial charge on any atom is 0.330 e. The number of aliphatic hydroxyl groups is 2. The first kappa shape index (κ1) is 15.7. The Hall–Kier alpha value is -0.680. The predicted octanol–water partition coefficient (Wildman–Crippen LogP) is -0.200. The highest BCUT2D eigenvalue weighted by Gasteiger charge is 2.43. The molecule has 20 heavy (non-hydrogen) atoms. The molecule has 2 heterocycles. The third-order valence-corrected chi connectivity index (χ3v) is 4.46. The number of halogens is 2. The largest absolute Gasteiger partial charge is 0.394 e. The van der Waals surface area contributed by atoms with Crippen molar-refractivity contribution in [2.75, 3.05) is 6.61 Å². The minimum atomic E-state index is -0.906. The number of hydrogen-bond acceptors (Lipinski definition) is 5. The highest BCUT2D eigenvalue weighted by atomic mass is 127. The lowest BCUT2D eigenvalue weighted by Crippen LogP contribution is -2.36. The fraction of sp³-hybridized carbons (Fsp3) is 0.455.